The molecule has 27 heavy (non-hydrogen) atoms. The van der Waals surface area contributed by atoms with Gasteiger partial charge in [-0.2, -0.15) is 0 Å². The van der Waals surface area contributed by atoms with E-state index < -0.39 is 0 Å². The van der Waals surface area contributed by atoms with Crippen molar-refractivity contribution < 1.29 is 14.3 Å². The lowest BCUT2D eigenvalue weighted by Gasteiger charge is -2.20. The van der Waals surface area contributed by atoms with Gasteiger partial charge >= 0.3 is 0 Å². The number of benzene rings is 3. The van der Waals surface area contributed by atoms with Crippen molar-refractivity contribution in [3.05, 3.63) is 101 Å². The summed E-state index contributed by atoms with van der Waals surface area (Å²) in [6.07, 6.45) is 0.702. The van der Waals surface area contributed by atoms with Crippen molar-refractivity contribution in [3.8, 4) is 5.75 Å². The number of ether oxygens (including phenoxy) is 1. The number of hydrogen-bond acceptors (Lipinski definition) is 3. The van der Waals surface area contributed by atoms with Gasteiger partial charge in [0, 0.05) is 5.02 Å². The summed E-state index contributed by atoms with van der Waals surface area (Å²) in [6, 6.07) is 23.4. The van der Waals surface area contributed by atoms with Crippen LogP contribution in [0.25, 0.3) is 0 Å². The van der Waals surface area contributed by atoms with E-state index in [9.17, 15) is 9.59 Å². The molecule has 0 bridgehead atoms. The first-order valence-electron chi connectivity index (χ1n) is 8.44. The molecule has 0 aliphatic heterocycles. The molecule has 4 nitrogen and oxygen atoms in total. The molecule has 0 spiro atoms. The maximum atomic E-state index is 12.5. The Bertz CT molecular complexity index is 910. The number of nitrogens with one attached hydrogen (secondary N) is 1. The van der Waals surface area contributed by atoms with Crippen molar-refractivity contribution in [2.75, 3.05) is 6.61 Å². The Balaban J connectivity index is 1.74. The van der Waals surface area contributed by atoms with Crippen molar-refractivity contribution in [3.63, 3.8) is 0 Å². The molecular formula is C22H18ClNO3. The average molecular weight is 380 g/mol. The van der Waals surface area contributed by atoms with Gasteiger partial charge < -0.3 is 10.1 Å². The van der Waals surface area contributed by atoms with Crippen molar-refractivity contribution in [1.82, 2.24) is 5.32 Å². The second kappa shape index (κ2) is 9.01. The molecule has 1 atom stereocenters. The van der Waals surface area contributed by atoms with Crippen LogP contribution >= 0.6 is 11.6 Å². The molecule has 1 N–H and O–H groups in total. The quantitative estimate of drug-likeness (QED) is 0.617. The van der Waals surface area contributed by atoms with Gasteiger partial charge in [-0.1, -0.05) is 66.2 Å². The van der Waals surface area contributed by atoms with E-state index in [4.69, 9.17) is 16.3 Å². The second-order valence-electron chi connectivity index (χ2n) is 5.91. The van der Waals surface area contributed by atoms with E-state index in [-0.39, 0.29) is 18.6 Å². The summed E-state index contributed by atoms with van der Waals surface area (Å²) >= 11 is 5.98. The molecule has 0 aliphatic carbocycles. The van der Waals surface area contributed by atoms with Crippen LogP contribution in [0.3, 0.4) is 0 Å². The lowest BCUT2D eigenvalue weighted by molar-refractivity contribution is -0.123. The van der Waals surface area contributed by atoms with Gasteiger partial charge in [-0.05, 0) is 35.4 Å². The molecule has 136 valence electrons. The Morgan fingerprint density at radius 3 is 2.26 bits per heavy atom. The van der Waals surface area contributed by atoms with Crippen molar-refractivity contribution >= 4 is 23.8 Å². The van der Waals surface area contributed by atoms with Crippen molar-refractivity contribution in [2.45, 2.75) is 6.04 Å². The van der Waals surface area contributed by atoms with E-state index in [1.54, 1.807) is 36.4 Å². The Morgan fingerprint density at radius 1 is 0.926 bits per heavy atom. The van der Waals surface area contributed by atoms with Gasteiger partial charge in [0.15, 0.2) is 12.9 Å². The van der Waals surface area contributed by atoms with E-state index in [1.807, 2.05) is 42.5 Å². The highest BCUT2D eigenvalue weighted by molar-refractivity contribution is 6.30. The molecular weight excluding hydrogens is 362 g/mol. The summed E-state index contributed by atoms with van der Waals surface area (Å²) in [6.45, 7) is -0.193. The van der Waals surface area contributed by atoms with E-state index in [1.165, 1.54) is 0 Å². The first kappa shape index (κ1) is 18.7. The molecule has 0 saturated heterocycles. The Morgan fingerprint density at radius 2 is 1.56 bits per heavy atom. The first-order chi connectivity index (χ1) is 13.2. The topological polar surface area (TPSA) is 55.4 Å². The lowest BCUT2D eigenvalue weighted by atomic mass is 9.99. The lowest BCUT2D eigenvalue weighted by Crippen LogP contribution is -2.33. The van der Waals surface area contributed by atoms with Crippen LogP contribution in [0.4, 0.5) is 0 Å². The van der Waals surface area contributed by atoms with Crippen LogP contribution < -0.4 is 10.1 Å². The number of rotatable bonds is 7. The van der Waals surface area contributed by atoms with Gasteiger partial charge in [0.05, 0.1) is 11.6 Å². The van der Waals surface area contributed by atoms with Crippen LogP contribution in [0.1, 0.15) is 27.5 Å². The molecule has 3 aromatic carbocycles. The van der Waals surface area contributed by atoms with Gasteiger partial charge in [0.25, 0.3) is 5.91 Å². The third kappa shape index (κ3) is 4.96. The average Bonchev–Trinajstić information content (AvgIpc) is 2.72. The van der Waals surface area contributed by atoms with Crippen LogP contribution in [0.5, 0.6) is 5.75 Å². The number of para-hydroxylation sites is 1. The van der Waals surface area contributed by atoms with E-state index in [0.717, 1.165) is 11.1 Å². The number of hydrogen-bond donors (Lipinski definition) is 1. The third-order valence-corrected chi connectivity index (χ3v) is 4.30. The van der Waals surface area contributed by atoms with Crippen LogP contribution in [-0.4, -0.2) is 18.8 Å². The highest BCUT2D eigenvalue weighted by Crippen LogP contribution is 2.23. The summed E-state index contributed by atoms with van der Waals surface area (Å²) in [5, 5.41) is 3.61. The van der Waals surface area contributed by atoms with E-state index >= 15 is 0 Å². The predicted octanol–water partition coefficient (Wildman–Crippen LogP) is 4.44. The van der Waals surface area contributed by atoms with E-state index in [0.29, 0.717) is 22.6 Å². The SMILES string of the molecule is O=Cc1ccccc1OCC(=O)NC(c1ccccc1)c1ccc(Cl)cc1. The summed E-state index contributed by atoms with van der Waals surface area (Å²) in [5.74, 6) is 0.0879. The van der Waals surface area contributed by atoms with E-state index in [2.05, 4.69) is 5.32 Å². The summed E-state index contributed by atoms with van der Waals surface area (Å²) in [7, 11) is 0. The fourth-order valence-electron chi connectivity index (χ4n) is 2.72. The van der Waals surface area contributed by atoms with Gasteiger partial charge in [-0.3, -0.25) is 9.59 Å². The summed E-state index contributed by atoms with van der Waals surface area (Å²) < 4.78 is 5.52. The monoisotopic (exact) mass is 379 g/mol. The van der Waals surface area contributed by atoms with Gasteiger partial charge in [0.2, 0.25) is 0 Å². The summed E-state index contributed by atoms with van der Waals surface area (Å²) in [5.41, 5.74) is 2.26. The Labute approximate surface area is 162 Å². The number of halogens is 1. The summed E-state index contributed by atoms with van der Waals surface area (Å²) in [4.78, 5) is 23.5. The van der Waals surface area contributed by atoms with Gasteiger partial charge in [-0.25, -0.2) is 0 Å². The minimum absolute atomic E-state index is 0.193. The zero-order valence-corrected chi connectivity index (χ0v) is 15.2. The normalized spacial score (nSPS) is 11.4. The fourth-order valence-corrected chi connectivity index (χ4v) is 2.84. The van der Waals surface area contributed by atoms with Gasteiger partial charge in [0.1, 0.15) is 5.75 Å². The molecule has 5 heteroatoms. The van der Waals surface area contributed by atoms with Crippen LogP contribution in [0.15, 0.2) is 78.9 Å². The Hall–Kier alpha value is -3.11. The Kier molecular flexibility index (Phi) is 6.23. The standard InChI is InChI=1S/C22H18ClNO3/c23-19-12-10-17(11-13-19)22(16-6-2-1-3-7-16)24-21(26)15-27-20-9-5-4-8-18(20)14-25/h1-14,22H,15H2,(H,24,26). The van der Waals surface area contributed by atoms with Crippen LogP contribution in [-0.2, 0) is 4.79 Å². The first-order valence-corrected chi connectivity index (χ1v) is 8.82. The van der Waals surface area contributed by atoms with Crippen LogP contribution in [0, 0.1) is 0 Å². The molecule has 3 rings (SSSR count). The maximum Gasteiger partial charge on any atom is 0.258 e. The highest BCUT2D eigenvalue weighted by Gasteiger charge is 2.17. The molecule has 0 aromatic heterocycles. The fraction of sp³-hybridized carbons (Fsp3) is 0.0909. The molecule has 0 aliphatic rings. The predicted molar refractivity (Wildman–Crippen MR) is 105 cm³/mol. The largest absolute Gasteiger partial charge is 0.483 e. The molecule has 0 heterocycles. The van der Waals surface area contributed by atoms with Crippen LogP contribution in [0.2, 0.25) is 5.02 Å². The number of aldehydes is 1. The second-order valence-corrected chi connectivity index (χ2v) is 6.34. The van der Waals surface area contributed by atoms with Crippen molar-refractivity contribution in [1.29, 1.82) is 0 Å². The molecule has 1 unspecified atom stereocenters. The smallest absolute Gasteiger partial charge is 0.258 e. The zero-order valence-electron chi connectivity index (χ0n) is 14.5. The highest BCUT2D eigenvalue weighted by atomic mass is 35.5. The molecule has 3 aromatic rings. The molecule has 0 fully saturated rings. The maximum absolute atomic E-state index is 12.5. The third-order valence-electron chi connectivity index (χ3n) is 4.05. The molecule has 0 saturated carbocycles. The molecule has 1 amide bonds. The minimum atomic E-state index is -0.333. The number of amides is 1. The van der Waals surface area contributed by atoms with Gasteiger partial charge in [-0.15, -0.1) is 0 Å². The minimum Gasteiger partial charge on any atom is -0.483 e. The number of carbonyl (C=O) groups excluding carboxylic acids is 2. The zero-order chi connectivity index (χ0) is 19.1. The van der Waals surface area contributed by atoms with Crippen molar-refractivity contribution in [2.24, 2.45) is 0 Å². The molecule has 0 radical (unpaired) electrons. The number of carbonyl (C=O) groups is 2.